The second-order valence-corrected chi connectivity index (χ2v) is 4.71. The van der Waals surface area contributed by atoms with Crippen LogP contribution in [-0.4, -0.2) is 12.5 Å². The lowest BCUT2D eigenvalue weighted by atomic mass is 10.1. The predicted octanol–water partition coefficient (Wildman–Crippen LogP) is 3.60. The van der Waals surface area contributed by atoms with Gasteiger partial charge in [0.25, 0.3) is 5.91 Å². The molecule has 0 aliphatic heterocycles. The van der Waals surface area contributed by atoms with E-state index in [2.05, 4.69) is 5.32 Å². The van der Waals surface area contributed by atoms with Crippen molar-refractivity contribution in [1.82, 2.24) is 0 Å². The summed E-state index contributed by atoms with van der Waals surface area (Å²) in [5, 5.41) is 2.67. The minimum atomic E-state index is -1.01. The Balaban J connectivity index is 1.92. The summed E-state index contributed by atoms with van der Waals surface area (Å²) in [6.07, 6.45) is 0. The van der Waals surface area contributed by atoms with Crippen LogP contribution in [0.1, 0.15) is 11.1 Å². The van der Waals surface area contributed by atoms with Crippen molar-refractivity contribution in [3.63, 3.8) is 0 Å². The Labute approximate surface area is 121 Å². The van der Waals surface area contributed by atoms with Gasteiger partial charge in [-0.05, 0) is 49.2 Å². The van der Waals surface area contributed by atoms with Gasteiger partial charge in [-0.25, -0.2) is 8.78 Å². The van der Waals surface area contributed by atoms with Gasteiger partial charge in [0.15, 0.2) is 18.2 Å². The zero-order valence-corrected chi connectivity index (χ0v) is 11.7. The second-order valence-electron chi connectivity index (χ2n) is 4.71. The Hall–Kier alpha value is -2.43. The van der Waals surface area contributed by atoms with Gasteiger partial charge in [-0.2, -0.15) is 0 Å². The molecule has 2 aromatic rings. The highest BCUT2D eigenvalue weighted by molar-refractivity contribution is 5.92. The third-order valence-electron chi connectivity index (χ3n) is 3.05. The largest absolute Gasteiger partial charge is 0.484 e. The molecule has 0 atom stereocenters. The molecule has 1 amide bonds. The van der Waals surface area contributed by atoms with Gasteiger partial charge in [-0.1, -0.05) is 6.07 Å². The molecule has 0 spiro atoms. The third kappa shape index (κ3) is 4.02. The number of aryl methyl sites for hydroxylation is 2. The quantitative estimate of drug-likeness (QED) is 0.934. The first-order valence-electron chi connectivity index (χ1n) is 6.40. The molecule has 0 fully saturated rings. The van der Waals surface area contributed by atoms with E-state index in [1.807, 2.05) is 26.0 Å². The van der Waals surface area contributed by atoms with E-state index in [-0.39, 0.29) is 18.3 Å². The number of nitrogens with one attached hydrogen (secondary N) is 1. The second kappa shape index (κ2) is 6.35. The number of anilines is 1. The number of carbonyl (C=O) groups excluding carboxylic acids is 1. The van der Waals surface area contributed by atoms with E-state index in [0.717, 1.165) is 23.3 Å². The fourth-order valence-corrected chi connectivity index (χ4v) is 1.73. The van der Waals surface area contributed by atoms with Gasteiger partial charge in [-0.15, -0.1) is 0 Å². The normalized spacial score (nSPS) is 10.3. The maximum Gasteiger partial charge on any atom is 0.262 e. The zero-order valence-electron chi connectivity index (χ0n) is 11.7. The molecule has 0 heterocycles. The molecule has 0 aromatic heterocycles. The molecule has 110 valence electrons. The molecule has 0 bridgehead atoms. The molecule has 1 N–H and O–H groups in total. The first kappa shape index (κ1) is 15.0. The first-order valence-corrected chi connectivity index (χ1v) is 6.40. The lowest BCUT2D eigenvalue weighted by Gasteiger charge is -2.09. The van der Waals surface area contributed by atoms with Gasteiger partial charge in [-0.3, -0.25) is 4.79 Å². The summed E-state index contributed by atoms with van der Waals surface area (Å²) in [6.45, 7) is 3.65. The summed E-state index contributed by atoms with van der Waals surface area (Å²) in [7, 11) is 0. The minimum Gasteiger partial charge on any atom is -0.484 e. The summed E-state index contributed by atoms with van der Waals surface area (Å²) >= 11 is 0. The van der Waals surface area contributed by atoms with Crippen LogP contribution in [0.25, 0.3) is 0 Å². The Morgan fingerprint density at radius 1 is 1.05 bits per heavy atom. The molecule has 0 aliphatic rings. The number of rotatable bonds is 4. The van der Waals surface area contributed by atoms with Gasteiger partial charge < -0.3 is 10.1 Å². The lowest BCUT2D eigenvalue weighted by Crippen LogP contribution is -2.20. The van der Waals surface area contributed by atoms with Gasteiger partial charge in [0, 0.05) is 11.8 Å². The molecule has 3 nitrogen and oxygen atoms in total. The number of hydrogen-bond donors (Lipinski definition) is 1. The Kier molecular flexibility index (Phi) is 4.52. The minimum absolute atomic E-state index is 0.101. The van der Waals surface area contributed by atoms with Crippen molar-refractivity contribution in [1.29, 1.82) is 0 Å². The van der Waals surface area contributed by atoms with Crippen LogP contribution in [0.3, 0.4) is 0 Å². The van der Waals surface area contributed by atoms with Gasteiger partial charge >= 0.3 is 0 Å². The van der Waals surface area contributed by atoms with Crippen LogP contribution in [0, 0.1) is 25.5 Å². The summed E-state index contributed by atoms with van der Waals surface area (Å²) in [5.74, 6) is -2.24. The van der Waals surface area contributed by atoms with Crippen LogP contribution >= 0.6 is 0 Å². The third-order valence-corrected chi connectivity index (χ3v) is 3.05. The Morgan fingerprint density at radius 2 is 1.81 bits per heavy atom. The van der Waals surface area contributed by atoms with E-state index >= 15 is 0 Å². The average molecular weight is 291 g/mol. The Morgan fingerprint density at radius 3 is 2.48 bits per heavy atom. The van der Waals surface area contributed by atoms with E-state index in [9.17, 15) is 13.6 Å². The average Bonchev–Trinajstić information content (AvgIpc) is 2.44. The van der Waals surface area contributed by atoms with Crippen LogP contribution < -0.4 is 10.1 Å². The first-order chi connectivity index (χ1) is 9.95. The molecular weight excluding hydrogens is 276 g/mol. The molecule has 21 heavy (non-hydrogen) atoms. The van der Waals surface area contributed by atoms with Crippen LogP contribution in [-0.2, 0) is 4.79 Å². The maximum absolute atomic E-state index is 13.0. The van der Waals surface area contributed by atoms with Gasteiger partial charge in [0.2, 0.25) is 0 Å². The van der Waals surface area contributed by atoms with Crippen LogP contribution in [0.4, 0.5) is 14.5 Å². The van der Waals surface area contributed by atoms with E-state index in [4.69, 9.17) is 4.74 Å². The van der Waals surface area contributed by atoms with Crippen molar-refractivity contribution in [2.75, 3.05) is 11.9 Å². The molecule has 0 unspecified atom stereocenters. The number of halogens is 2. The summed E-state index contributed by atoms with van der Waals surface area (Å²) in [5.41, 5.74) is 2.86. The molecule has 0 saturated carbocycles. The SMILES string of the molecule is Cc1ccc(NC(=O)COc2ccc(F)c(F)c2)cc1C. The van der Waals surface area contributed by atoms with Crippen molar-refractivity contribution in [3.05, 3.63) is 59.2 Å². The topological polar surface area (TPSA) is 38.3 Å². The van der Waals surface area contributed by atoms with Gasteiger partial charge in [0.05, 0.1) is 0 Å². The predicted molar refractivity (Wildman–Crippen MR) is 76.4 cm³/mol. The lowest BCUT2D eigenvalue weighted by molar-refractivity contribution is -0.118. The highest BCUT2D eigenvalue weighted by atomic mass is 19.2. The molecule has 2 aromatic carbocycles. The Bertz CT molecular complexity index is 671. The number of amides is 1. The van der Waals surface area contributed by atoms with Crippen molar-refractivity contribution in [3.8, 4) is 5.75 Å². The van der Waals surface area contributed by atoms with E-state index in [1.165, 1.54) is 6.07 Å². The van der Waals surface area contributed by atoms with E-state index in [0.29, 0.717) is 5.69 Å². The van der Waals surface area contributed by atoms with Crippen molar-refractivity contribution in [2.45, 2.75) is 13.8 Å². The zero-order chi connectivity index (χ0) is 15.4. The molecular formula is C16H15F2NO2. The number of carbonyl (C=O) groups is 1. The highest BCUT2D eigenvalue weighted by Gasteiger charge is 2.07. The van der Waals surface area contributed by atoms with E-state index in [1.54, 1.807) is 6.07 Å². The van der Waals surface area contributed by atoms with Crippen molar-refractivity contribution < 1.29 is 18.3 Å². The van der Waals surface area contributed by atoms with Gasteiger partial charge in [0.1, 0.15) is 5.75 Å². The highest BCUT2D eigenvalue weighted by Crippen LogP contribution is 2.16. The fraction of sp³-hybridized carbons (Fsp3) is 0.188. The maximum atomic E-state index is 13.0. The molecule has 2 rings (SSSR count). The van der Waals surface area contributed by atoms with Crippen molar-refractivity contribution in [2.24, 2.45) is 0 Å². The number of benzene rings is 2. The van der Waals surface area contributed by atoms with Crippen LogP contribution in [0.2, 0.25) is 0 Å². The summed E-state index contributed by atoms with van der Waals surface area (Å²) in [4.78, 5) is 11.7. The molecule has 5 heteroatoms. The summed E-state index contributed by atoms with van der Waals surface area (Å²) < 4.78 is 30.8. The van der Waals surface area contributed by atoms with E-state index < -0.39 is 11.6 Å². The summed E-state index contributed by atoms with van der Waals surface area (Å²) in [6, 6.07) is 8.66. The van der Waals surface area contributed by atoms with Crippen molar-refractivity contribution >= 4 is 11.6 Å². The van der Waals surface area contributed by atoms with Crippen LogP contribution in [0.15, 0.2) is 36.4 Å². The van der Waals surface area contributed by atoms with Crippen LogP contribution in [0.5, 0.6) is 5.75 Å². The standard InChI is InChI=1S/C16H15F2NO2/c1-10-3-4-12(7-11(10)2)19-16(20)9-21-13-5-6-14(17)15(18)8-13/h3-8H,9H2,1-2H3,(H,19,20). The molecule has 0 saturated heterocycles. The number of hydrogen-bond acceptors (Lipinski definition) is 2. The monoisotopic (exact) mass is 291 g/mol. The molecule has 0 radical (unpaired) electrons. The fourth-order valence-electron chi connectivity index (χ4n) is 1.73. The smallest absolute Gasteiger partial charge is 0.262 e. The molecule has 0 aliphatic carbocycles. The number of ether oxygens (including phenoxy) is 1.